The van der Waals surface area contributed by atoms with E-state index in [1.54, 1.807) is 13.1 Å². The summed E-state index contributed by atoms with van der Waals surface area (Å²) in [5, 5.41) is 3.18. The van der Waals surface area contributed by atoms with Crippen molar-refractivity contribution in [3.8, 4) is 5.88 Å². The van der Waals surface area contributed by atoms with Crippen LogP contribution in [0.1, 0.15) is 24.8 Å². The number of alkyl halides is 3. The monoisotopic (exact) mass is 515 g/mol. The molecule has 0 saturated carbocycles. The highest BCUT2D eigenvalue weighted by molar-refractivity contribution is 14.0. The maximum absolute atomic E-state index is 12.2. The van der Waals surface area contributed by atoms with Gasteiger partial charge in [-0.3, -0.25) is 9.79 Å². The molecule has 7 nitrogen and oxygen atoms in total. The third kappa shape index (κ3) is 8.48. The van der Waals surface area contributed by atoms with Gasteiger partial charge in [0.2, 0.25) is 11.8 Å². The molecule has 1 aromatic heterocycles. The lowest BCUT2D eigenvalue weighted by Gasteiger charge is -2.34. The molecule has 0 bridgehead atoms. The third-order valence-electron chi connectivity index (χ3n) is 4.15. The van der Waals surface area contributed by atoms with Crippen molar-refractivity contribution in [1.82, 2.24) is 15.2 Å². The fourth-order valence-electron chi connectivity index (χ4n) is 3.02. The van der Waals surface area contributed by atoms with Gasteiger partial charge in [0.05, 0.1) is 0 Å². The molecule has 0 spiro atoms. The third-order valence-corrected chi connectivity index (χ3v) is 4.15. The Morgan fingerprint density at radius 3 is 2.89 bits per heavy atom. The number of nitrogens with one attached hydrogen (secondary N) is 1. The van der Waals surface area contributed by atoms with Crippen LogP contribution in [0.3, 0.4) is 0 Å². The lowest BCUT2D eigenvalue weighted by Crippen LogP contribution is -2.46. The molecule has 28 heavy (non-hydrogen) atoms. The largest absolute Gasteiger partial charge is 0.468 e. The van der Waals surface area contributed by atoms with Gasteiger partial charge in [-0.25, -0.2) is 4.98 Å². The second kappa shape index (κ2) is 11.3. The number of aliphatic imine (C=N–C) groups is 1. The molecule has 1 aliphatic rings. The lowest BCUT2D eigenvalue weighted by atomic mass is 9.95. The Morgan fingerprint density at radius 1 is 1.50 bits per heavy atom. The molecule has 2 heterocycles. The number of pyridine rings is 1. The van der Waals surface area contributed by atoms with Crippen LogP contribution in [-0.2, 0) is 11.3 Å². The Kier molecular flexibility index (Phi) is 9.76. The van der Waals surface area contributed by atoms with Gasteiger partial charge in [-0.15, -0.1) is 24.0 Å². The number of ether oxygens (including phenoxy) is 1. The van der Waals surface area contributed by atoms with E-state index in [-0.39, 0.29) is 41.7 Å². The number of hydrogen-bond donors (Lipinski definition) is 2. The van der Waals surface area contributed by atoms with Gasteiger partial charge >= 0.3 is 6.18 Å². The van der Waals surface area contributed by atoms with Gasteiger partial charge in [0, 0.05) is 45.4 Å². The second-order valence-corrected chi connectivity index (χ2v) is 6.43. The van der Waals surface area contributed by atoms with E-state index in [0.29, 0.717) is 31.0 Å². The van der Waals surface area contributed by atoms with Crippen LogP contribution in [0.5, 0.6) is 5.88 Å². The first-order valence-corrected chi connectivity index (χ1v) is 8.65. The van der Waals surface area contributed by atoms with Crippen LogP contribution in [-0.4, -0.2) is 54.7 Å². The summed E-state index contributed by atoms with van der Waals surface area (Å²) < 4.78 is 41.4. The number of primary amides is 1. The molecule has 1 aliphatic heterocycles. The van der Waals surface area contributed by atoms with Gasteiger partial charge in [0.15, 0.2) is 12.6 Å². The van der Waals surface area contributed by atoms with Crippen LogP contribution < -0.4 is 15.8 Å². The van der Waals surface area contributed by atoms with E-state index in [2.05, 4.69) is 24.9 Å². The van der Waals surface area contributed by atoms with Crippen LogP contribution in [0, 0.1) is 5.92 Å². The summed E-state index contributed by atoms with van der Waals surface area (Å²) in [6, 6.07) is 3.14. The average molecular weight is 515 g/mol. The maximum atomic E-state index is 12.2. The average Bonchev–Trinajstić information content (AvgIpc) is 2.60. The van der Waals surface area contributed by atoms with E-state index in [0.717, 1.165) is 19.4 Å². The molecular weight excluding hydrogens is 490 g/mol. The predicted molar refractivity (Wildman–Crippen MR) is 110 cm³/mol. The standard InChI is InChI=1S/C17H24F3N5O2.HI/c1-22-16(25-6-2-3-13(10-25)7-14(21)26)24-9-12-4-5-23-15(8-12)27-11-17(18,19)20;/h4-5,8,13H,2-3,6-7,9-11H2,1H3,(H2,21,26)(H,22,24);1H. The number of halogens is 4. The second-order valence-electron chi connectivity index (χ2n) is 6.43. The summed E-state index contributed by atoms with van der Waals surface area (Å²) in [7, 11) is 1.66. The topological polar surface area (TPSA) is 92.8 Å². The van der Waals surface area contributed by atoms with Gasteiger partial charge in [-0.1, -0.05) is 0 Å². The number of hydrogen-bond acceptors (Lipinski definition) is 4. The van der Waals surface area contributed by atoms with Crippen LogP contribution in [0.4, 0.5) is 13.2 Å². The Bertz CT molecular complexity index is 672. The quantitative estimate of drug-likeness (QED) is 0.345. The van der Waals surface area contributed by atoms with Gasteiger partial charge in [0.25, 0.3) is 0 Å². The summed E-state index contributed by atoms with van der Waals surface area (Å²) in [5.74, 6) is 0.464. The van der Waals surface area contributed by atoms with E-state index in [1.165, 1.54) is 12.3 Å². The van der Waals surface area contributed by atoms with Crippen LogP contribution >= 0.6 is 24.0 Å². The Morgan fingerprint density at radius 2 is 2.25 bits per heavy atom. The molecule has 0 aromatic carbocycles. The summed E-state index contributed by atoms with van der Waals surface area (Å²) in [6.07, 6.45) is -0.787. The van der Waals surface area contributed by atoms with Crippen molar-refractivity contribution >= 4 is 35.8 Å². The van der Waals surface area contributed by atoms with Gasteiger partial charge < -0.3 is 20.7 Å². The zero-order valence-corrected chi connectivity index (χ0v) is 17.9. The highest BCUT2D eigenvalue weighted by atomic mass is 127. The lowest BCUT2D eigenvalue weighted by molar-refractivity contribution is -0.154. The predicted octanol–water partition coefficient (Wildman–Crippen LogP) is 2.30. The minimum absolute atomic E-state index is 0. The molecule has 1 amide bonds. The first kappa shape index (κ1) is 24.2. The van der Waals surface area contributed by atoms with E-state index >= 15 is 0 Å². The summed E-state index contributed by atoms with van der Waals surface area (Å²) in [4.78, 5) is 21.2. The molecule has 1 fully saturated rings. The molecule has 3 N–H and O–H groups in total. The fraction of sp³-hybridized carbons (Fsp3) is 0.588. The van der Waals surface area contributed by atoms with E-state index in [9.17, 15) is 18.0 Å². The van der Waals surface area contributed by atoms with Crippen molar-refractivity contribution in [2.24, 2.45) is 16.6 Å². The molecule has 2 rings (SSSR count). The van der Waals surface area contributed by atoms with Crippen molar-refractivity contribution in [1.29, 1.82) is 0 Å². The van der Waals surface area contributed by atoms with Crippen LogP contribution in [0.25, 0.3) is 0 Å². The highest BCUT2D eigenvalue weighted by Crippen LogP contribution is 2.20. The smallest absolute Gasteiger partial charge is 0.422 e. The first-order valence-electron chi connectivity index (χ1n) is 8.65. The Hall–Kier alpha value is -1.79. The number of piperidine rings is 1. The number of rotatable bonds is 6. The molecule has 1 aromatic rings. The van der Waals surface area contributed by atoms with Gasteiger partial charge in [-0.05, 0) is 30.4 Å². The van der Waals surface area contributed by atoms with Crippen molar-refractivity contribution in [2.75, 3.05) is 26.7 Å². The number of likely N-dealkylation sites (tertiary alicyclic amines) is 1. The Balaban J connectivity index is 0.00000392. The summed E-state index contributed by atoms with van der Waals surface area (Å²) in [6.45, 7) is 0.465. The molecule has 1 atom stereocenters. The Labute approximate surface area is 178 Å². The number of carbonyl (C=O) groups is 1. The SMILES string of the molecule is CN=C(NCc1ccnc(OCC(F)(F)F)c1)N1CCCC(CC(N)=O)C1.I. The van der Waals surface area contributed by atoms with E-state index in [4.69, 9.17) is 5.73 Å². The first-order chi connectivity index (χ1) is 12.8. The van der Waals surface area contributed by atoms with Crippen molar-refractivity contribution in [2.45, 2.75) is 32.0 Å². The van der Waals surface area contributed by atoms with Crippen molar-refractivity contribution in [3.63, 3.8) is 0 Å². The van der Waals surface area contributed by atoms with E-state index in [1.807, 2.05) is 0 Å². The number of nitrogens with zero attached hydrogens (tertiary/aromatic N) is 3. The zero-order chi connectivity index (χ0) is 19.9. The van der Waals surface area contributed by atoms with E-state index < -0.39 is 12.8 Å². The molecule has 0 aliphatic carbocycles. The highest BCUT2D eigenvalue weighted by Gasteiger charge is 2.28. The number of nitrogens with two attached hydrogens (primary N) is 1. The van der Waals surface area contributed by atoms with Gasteiger partial charge in [0.1, 0.15) is 0 Å². The minimum atomic E-state index is -4.41. The van der Waals surface area contributed by atoms with Crippen LogP contribution in [0.2, 0.25) is 0 Å². The number of carbonyl (C=O) groups excluding carboxylic acids is 1. The number of aromatic nitrogens is 1. The summed E-state index contributed by atoms with van der Waals surface area (Å²) >= 11 is 0. The molecule has 0 radical (unpaired) electrons. The maximum Gasteiger partial charge on any atom is 0.422 e. The van der Waals surface area contributed by atoms with Crippen LogP contribution in [0.15, 0.2) is 23.3 Å². The minimum Gasteiger partial charge on any atom is -0.468 e. The normalized spacial score (nSPS) is 17.6. The fourth-order valence-corrected chi connectivity index (χ4v) is 3.02. The molecule has 11 heteroatoms. The summed E-state index contributed by atoms with van der Waals surface area (Å²) in [5.41, 5.74) is 6.00. The molecule has 158 valence electrons. The molecular formula is C17H25F3IN5O2. The number of amides is 1. The zero-order valence-electron chi connectivity index (χ0n) is 15.5. The molecule has 1 unspecified atom stereocenters. The van der Waals surface area contributed by atoms with Crippen molar-refractivity contribution < 1.29 is 22.7 Å². The van der Waals surface area contributed by atoms with Crippen molar-refractivity contribution in [3.05, 3.63) is 23.9 Å². The van der Waals surface area contributed by atoms with Gasteiger partial charge in [-0.2, -0.15) is 13.2 Å². The number of guanidine groups is 1. The molecule has 1 saturated heterocycles.